The lowest BCUT2D eigenvalue weighted by Crippen LogP contribution is -2.14. The molecule has 132 valence electrons. The molecule has 1 amide bonds. The molecule has 0 saturated carbocycles. The number of thiophene rings is 1. The maximum atomic E-state index is 12.2. The van der Waals surface area contributed by atoms with Gasteiger partial charge in [-0.05, 0) is 30.5 Å². The Bertz CT molecular complexity index is 958. The summed E-state index contributed by atoms with van der Waals surface area (Å²) in [4.78, 5) is 12.2. The van der Waals surface area contributed by atoms with Crippen LogP contribution in [0.5, 0.6) is 0 Å². The van der Waals surface area contributed by atoms with Gasteiger partial charge in [-0.3, -0.25) is 4.79 Å². The highest BCUT2D eigenvalue weighted by Crippen LogP contribution is 2.26. The van der Waals surface area contributed by atoms with Gasteiger partial charge < -0.3 is 9.88 Å². The van der Waals surface area contributed by atoms with Crippen molar-refractivity contribution in [3.63, 3.8) is 0 Å². The van der Waals surface area contributed by atoms with Crippen LogP contribution in [0.25, 0.3) is 11.4 Å². The zero-order valence-corrected chi connectivity index (χ0v) is 17.0. The van der Waals surface area contributed by atoms with Crippen molar-refractivity contribution in [3.8, 4) is 17.5 Å². The fraction of sp³-hybridized carbons (Fsp3) is 0.176. The number of benzene rings is 1. The molecule has 0 spiro atoms. The third-order valence-electron chi connectivity index (χ3n) is 3.51. The van der Waals surface area contributed by atoms with E-state index in [4.69, 9.17) is 5.26 Å². The fourth-order valence-electron chi connectivity index (χ4n) is 2.28. The van der Waals surface area contributed by atoms with Gasteiger partial charge in [0.05, 0.1) is 11.3 Å². The lowest BCUT2D eigenvalue weighted by atomic mass is 10.2. The molecule has 0 radical (unpaired) electrons. The first-order valence-electron chi connectivity index (χ1n) is 7.71. The molecule has 2 heterocycles. The maximum Gasteiger partial charge on any atom is 0.235 e. The summed E-state index contributed by atoms with van der Waals surface area (Å²) in [6, 6.07) is 11.6. The second-order valence-corrected chi connectivity index (χ2v) is 7.94. The van der Waals surface area contributed by atoms with Crippen molar-refractivity contribution in [2.45, 2.75) is 18.6 Å². The number of nitrogens with one attached hydrogen (secondary N) is 1. The predicted molar refractivity (Wildman–Crippen MR) is 107 cm³/mol. The van der Waals surface area contributed by atoms with Gasteiger partial charge in [0, 0.05) is 16.6 Å². The summed E-state index contributed by atoms with van der Waals surface area (Å²) in [6.07, 6.45) is 0. The molecule has 1 aromatic carbocycles. The number of anilines is 1. The molecule has 0 bridgehead atoms. The first-order chi connectivity index (χ1) is 12.6. The molecular formula is C17H14BrN5OS2. The van der Waals surface area contributed by atoms with Crippen LogP contribution < -0.4 is 5.32 Å². The summed E-state index contributed by atoms with van der Waals surface area (Å²) in [7, 11) is 0. The van der Waals surface area contributed by atoms with Gasteiger partial charge in [0.1, 0.15) is 11.1 Å². The number of amides is 1. The van der Waals surface area contributed by atoms with Crippen LogP contribution in [0.3, 0.4) is 0 Å². The molecular weight excluding hydrogens is 434 g/mol. The van der Waals surface area contributed by atoms with Crippen molar-refractivity contribution in [2.24, 2.45) is 0 Å². The SMILES string of the molecule is CCn1c(SCC(=O)Nc2sccc2C#N)nnc1-c1ccc(Br)cc1. The average Bonchev–Trinajstić information content (AvgIpc) is 3.26. The van der Waals surface area contributed by atoms with Gasteiger partial charge >= 0.3 is 0 Å². The number of halogens is 1. The summed E-state index contributed by atoms with van der Waals surface area (Å²) in [5, 5.41) is 23.3. The second kappa shape index (κ2) is 8.49. The molecule has 3 aromatic rings. The second-order valence-electron chi connectivity index (χ2n) is 5.17. The lowest BCUT2D eigenvalue weighted by molar-refractivity contribution is -0.113. The van der Waals surface area contributed by atoms with Gasteiger partial charge in [-0.2, -0.15) is 5.26 Å². The van der Waals surface area contributed by atoms with Crippen molar-refractivity contribution < 1.29 is 4.79 Å². The number of thioether (sulfide) groups is 1. The van der Waals surface area contributed by atoms with Crippen molar-refractivity contribution in [1.82, 2.24) is 14.8 Å². The Morgan fingerprint density at radius 3 is 2.81 bits per heavy atom. The Morgan fingerprint density at radius 2 is 2.12 bits per heavy atom. The maximum absolute atomic E-state index is 12.2. The van der Waals surface area contributed by atoms with E-state index in [9.17, 15) is 4.79 Å². The van der Waals surface area contributed by atoms with Gasteiger partial charge in [0.2, 0.25) is 5.91 Å². The van der Waals surface area contributed by atoms with E-state index < -0.39 is 0 Å². The molecule has 0 aliphatic carbocycles. The van der Waals surface area contributed by atoms with Gasteiger partial charge in [-0.1, -0.05) is 39.8 Å². The number of rotatable bonds is 6. The highest BCUT2D eigenvalue weighted by Gasteiger charge is 2.15. The molecule has 0 atom stereocenters. The molecule has 0 saturated heterocycles. The zero-order chi connectivity index (χ0) is 18.5. The van der Waals surface area contributed by atoms with E-state index >= 15 is 0 Å². The molecule has 0 aliphatic heterocycles. The van der Waals surface area contributed by atoms with E-state index in [0.717, 1.165) is 15.9 Å². The molecule has 1 N–H and O–H groups in total. The van der Waals surface area contributed by atoms with Crippen LogP contribution in [0.2, 0.25) is 0 Å². The van der Waals surface area contributed by atoms with E-state index in [1.165, 1.54) is 23.1 Å². The first-order valence-corrected chi connectivity index (χ1v) is 10.4. The van der Waals surface area contributed by atoms with E-state index in [2.05, 4.69) is 37.5 Å². The minimum atomic E-state index is -0.176. The Balaban J connectivity index is 1.69. The van der Waals surface area contributed by atoms with Crippen molar-refractivity contribution >= 4 is 49.9 Å². The summed E-state index contributed by atoms with van der Waals surface area (Å²) >= 11 is 6.08. The van der Waals surface area contributed by atoms with Gasteiger partial charge in [0.25, 0.3) is 0 Å². The summed E-state index contributed by atoms with van der Waals surface area (Å²) in [6.45, 7) is 2.71. The molecule has 0 aliphatic rings. The molecule has 2 aromatic heterocycles. The van der Waals surface area contributed by atoms with Crippen molar-refractivity contribution in [3.05, 3.63) is 45.7 Å². The fourth-order valence-corrected chi connectivity index (χ4v) is 4.10. The summed E-state index contributed by atoms with van der Waals surface area (Å²) in [5.41, 5.74) is 1.44. The standard InChI is InChI=1S/C17H14BrN5OS2/c1-2-23-15(11-3-5-13(18)6-4-11)21-22-17(23)26-10-14(24)20-16-12(9-19)7-8-25-16/h3-8H,2,10H2,1H3,(H,20,24). The molecule has 0 fully saturated rings. The molecule has 26 heavy (non-hydrogen) atoms. The number of nitrogens with zero attached hydrogens (tertiary/aromatic N) is 4. The molecule has 6 nitrogen and oxygen atoms in total. The minimum absolute atomic E-state index is 0.176. The number of carbonyl (C=O) groups is 1. The molecule has 0 unspecified atom stereocenters. The zero-order valence-electron chi connectivity index (χ0n) is 13.8. The Morgan fingerprint density at radius 1 is 1.35 bits per heavy atom. The minimum Gasteiger partial charge on any atom is -0.316 e. The third kappa shape index (κ3) is 4.15. The highest BCUT2D eigenvalue weighted by atomic mass is 79.9. The topological polar surface area (TPSA) is 83.6 Å². The van der Waals surface area contributed by atoms with Crippen LogP contribution in [-0.4, -0.2) is 26.4 Å². The van der Waals surface area contributed by atoms with E-state index in [1.54, 1.807) is 11.4 Å². The van der Waals surface area contributed by atoms with Crippen molar-refractivity contribution in [1.29, 1.82) is 5.26 Å². The monoisotopic (exact) mass is 447 g/mol. The number of carbonyl (C=O) groups excluding carboxylic acids is 1. The van der Waals surface area contributed by atoms with Crippen LogP contribution >= 0.6 is 39.0 Å². The largest absolute Gasteiger partial charge is 0.316 e. The molecule has 3 rings (SSSR count). The van der Waals surface area contributed by atoms with Crippen LogP contribution in [0, 0.1) is 11.3 Å². The number of hydrogen-bond donors (Lipinski definition) is 1. The predicted octanol–water partition coefficient (Wildman–Crippen LogP) is 4.39. The van der Waals surface area contributed by atoms with Crippen LogP contribution in [0.15, 0.2) is 45.3 Å². The van der Waals surface area contributed by atoms with E-state index in [-0.39, 0.29) is 11.7 Å². The summed E-state index contributed by atoms with van der Waals surface area (Å²) in [5.74, 6) is 0.791. The molecule has 9 heteroatoms. The Labute approximate surface area is 167 Å². The Kier molecular flexibility index (Phi) is 6.08. The number of aromatic nitrogens is 3. The lowest BCUT2D eigenvalue weighted by Gasteiger charge is -2.07. The van der Waals surface area contributed by atoms with Gasteiger partial charge in [-0.25, -0.2) is 0 Å². The number of hydrogen-bond acceptors (Lipinski definition) is 6. The third-order valence-corrected chi connectivity index (χ3v) is 5.83. The van der Waals surface area contributed by atoms with Gasteiger partial charge in [-0.15, -0.1) is 21.5 Å². The first kappa shape index (κ1) is 18.6. The quantitative estimate of drug-likeness (QED) is 0.566. The Hall–Kier alpha value is -2.15. The van der Waals surface area contributed by atoms with Crippen LogP contribution in [0.4, 0.5) is 5.00 Å². The van der Waals surface area contributed by atoms with Gasteiger partial charge in [0.15, 0.2) is 11.0 Å². The smallest absolute Gasteiger partial charge is 0.235 e. The van der Waals surface area contributed by atoms with Crippen LogP contribution in [0.1, 0.15) is 12.5 Å². The van der Waals surface area contributed by atoms with E-state index in [0.29, 0.717) is 22.3 Å². The van der Waals surface area contributed by atoms with Crippen LogP contribution in [-0.2, 0) is 11.3 Å². The average molecular weight is 448 g/mol. The summed E-state index contributed by atoms with van der Waals surface area (Å²) < 4.78 is 2.98. The highest BCUT2D eigenvalue weighted by molar-refractivity contribution is 9.10. The number of nitriles is 1. The normalized spacial score (nSPS) is 10.5. The van der Waals surface area contributed by atoms with Crippen molar-refractivity contribution in [2.75, 3.05) is 11.1 Å². The van der Waals surface area contributed by atoms with E-state index in [1.807, 2.05) is 35.8 Å².